The molecule has 1 saturated heterocycles. The molecule has 1 heterocycles. The summed E-state index contributed by atoms with van der Waals surface area (Å²) >= 11 is 11.7. The monoisotopic (exact) mass is 322 g/mol. The maximum Gasteiger partial charge on any atom is 0.243 e. The van der Waals surface area contributed by atoms with Crippen LogP contribution in [-0.2, 0) is 10.0 Å². The summed E-state index contributed by atoms with van der Waals surface area (Å²) in [5.74, 6) is 0. The minimum absolute atomic E-state index is 0.193. The summed E-state index contributed by atoms with van der Waals surface area (Å²) in [7, 11) is -1.65. The molecule has 1 atom stereocenters. The Bertz CT molecular complexity index is 563. The van der Waals surface area contributed by atoms with Gasteiger partial charge in [0.2, 0.25) is 10.0 Å². The van der Waals surface area contributed by atoms with Crippen LogP contribution in [0.25, 0.3) is 0 Å². The second kappa shape index (κ2) is 5.97. The second-order valence-corrected chi connectivity index (χ2v) is 7.32. The van der Waals surface area contributed by atoms with Crippen LogP contribution in [0.15, 0.2) is 23.1 Å². The number of piperidine rings is 1. The first kappa shape index (κ1) is 15.1. The van der Waals surface area contributed by atoms with E-state index in [-0.39, 0.29) is 16.0 Å². The molecule has 7 heteroatoms. The highest BCUT2D eigenvalue weighted by atomic mass is 35.5. The fraction of sp³-hybridized carbons (Fsp3) is 0.500. The van der Waals surface area contributed by atoms with Crippen molar-refractivity contribution in [2.45, 2.75) is 23.8 Å². The molecule has 1 aliphatic rings. The molecule has 1 aliphatic heterocycles. The van der Waals surface area contributed by atoms with Gasteiger partial charge in [-0.15, -0.1) is 0 Å². The largest absolute Gasteiger partial charge is 0.316 e. The molecule has 1 unspecified atom stereocenters. The molecule has 0 saturated carbocycles. The Balaban J connectivity index is 2.28. The molecule has 19 heavy (non-hydrogen) atoms. The fourth-order valence-corrected chi connectivity index (χ4v) is 4.10. The van der Waals surface area contributed by atoms with E-state index in [1.807, 2.05) is 7.05 Å². The Morgan fingerprint density at radius 3 is 2.68 bits per heavy atom. The zero-order valence-corrected chi connectivity index (χ0v) is 12.9. The van der Waals surface area contributed by atoms with Crippen LogP contribution in [-0.4, -0.2) is 38.9 Å². The number of hydrogen-bond donors (Lipinski definition) is 1. The molecular weight excluding hydrogens is 307 g/mol. The number of rotatable bonds is 3. The topological polar surface area (TPSA) is 49.4 Å². The molecule has 0 bridgehead atoms. The Hall–Kier alpha value is -0.330. The summed E-state index contributed by atoms with van der Waals surface area (Å²) in [5.41, 5.74) is 0. The molecule has 0 aromatic heterocycles. The van der Waals surface area contributed by atoms with Crippen LogP contribution in [0.1, 0.15) is 12.8 Å². The van der Waals surface area contributed by atoms with Crippen molar-refractivity contribution in [1.29, 1.82) is 0 Å². The van der Waals surface area contributed by atoms with E-state index in [1.165, 1.54) is 22.5 Å². The predicted octanol–water partition coefficient (Wildman–Crippen LogP) is 2.37. The number of hydrogen-bond acceptors (Lipinski definition) is 3. The molecular formula is C12H16Cl2N2O2S. The average molecular weight is 323 g/mol. The number of nitrogens with one attached hydrogen (secondary N) is 1. The van der Waals surface area contributed by atoms with Crippen LogP contribution in [0.2, 0.25) is 10.0 Å². The Labute approximate surface area is 123 Å². The summed E-state index contributed by atoms with van der Waals surface area (Å²) < 4.78 is 26.5. The quantitative estimate of drug-likeness (QED) is 0.929. The van der Waals surface area contributed by atoms with Gasteiger partial charge in [-0.25, -0.2) is 8.42 Å². The van der Waals surface area contributed by atoms with Crippen molar-refractivity contribution in [2.75, 3.05) is 20.1 Å². The molecule has 1 N–H and O–H groups in total. The van der Waals surface area contributed by atoms with Gasteiger partial charge in [0, 0.05) is 19.1 Å². The van der Waals surface area contributed by atoms with E-state index >= 15 is 0 Å². The SMILES string of the molecule is CNC1CCCN(S(=O)(=O)c2ccc(Cl)c(Cl)c2)C1. The van der Waals surface area contributed by atoms with Crippen molar-refractivity contribution >= 4 is 33.2 Å². The number of likely N-dealkylation sites (N-methyl/N-ethyl adjacent to an activating group) is 1. The maximum absolute atomic E-state index is 12.5. The molecule has 4 nitrogen and oxygen atoms in total. The van der Waals surface area contributed by atoms with E-state index in [2.05, 4.69) is 5.32 Å². The van der Waals surface area contributed by atoms with Crippen molar-refractivity contribution in [3.8, 4) is 0 Å². The number of nitrogens with zero attached hydrogens (tertiary/aromatic N) is 1. The van der Waals surface area contributed by atoms with Gasteiger partial charge in [-0.3, -0.25) is 0 Å². The van der Waals surface area contributed by atoms with Crippen LogP contribution >= 0.6 is 23.2 Å². The Kier molecular flexibility index (Phi) is 4.74. The van der Waals surface area contributed by atoms with Crippen LogP contribution in [0.5, 0.6) is 0 Å². The molecule has 0 aliphatic carbocycles. The zero-order chi connectivity index (χ0) is 14.0. The Morgan fingerprint density at radius 1 is 1.32 bits per heavy atom. The highest BCUT2D eigenvalue weighted by Gasteiger charge is 2.29. The van der Waals surface area contributed by atoms with Gasteiger partial charge in [0.1, 0.15) is 0 Å². The van der Waals surface area contributed by atoms with Gasteiger partial charge in [0.05, 0.1) is 14.9 Å². The van der Waals surface area contributed by atoms with E-state index in [1.54, 1.807) is 0 Å². The lowest BCUT2D eigenvalue weighted by Crippen LogP contribution is -2.46. The third-order valence-corrected chi connectivity index (χ3v) is 5.92. The van der Waals surface area contributed by atoms with Crippen molar-refractivity contribution in [2.24, 2.45) is 0 Å². The molecule has 0 amide bonds. The van der Waals surface area contributed by atoms with Crippen LogP contribution in [0, 0.1) is 0 Å². The molecule has 0 radical (unpaired) electrons. The summed E-state index contributed by atoms with van der Waals surface area (Å²) in [6.45, 7) is 1.03. The number of halogens is 2. The van der Waals surface area contributed by atoms with Crippen molar-refractivity contribution < 1.29 is 8.42 Å². The first-order valence-corrected chi connectivity index (χ1v) is 8.27. The van der Waals surface area contributed by atoms with Crippen LogP contribution in [0.3, 0.4) is 0 Å². The zero-order valence-electron chi connectivity index (χ0n) is 10.6. The molecule has 1 aromatic carbocycles. The van der Waals surface area contributed by atoms with Crippen molar-refractivity contribution in [1.82, 2.24) is 9.62 Å². The minimum atomic E-state index is -3.49. The van der Waals surface area contributed by atoms with Gasteiger partial charge < -0.3 is 5.32 Å². The second-order valence-electron chi connectivity index (χ2n) is 4.57. The molecule has 2 rings (SSSR count). The molecule has 0 spiro atoms. The smallest absolute Gasteiger partial charge is 0.243 e. The molecule has 1 aromatic rings. The van der Waals surface area contributed by atoms with Crippen LogP contribution in [0.4, 0.5) is 0 Å². The fourth-order valence-electron chi connectivity index (χ4n) is 2.18. The maximum atomic E-state index is 12.5. The van der Waals surface area contributed by atoms with Gasteiger partial charge in [-0.05, 0) is 38.1 Å². The Morgan fingerprint density at radius 2 is 2.05 bits per heavy atom. The summed E-state index contributed by atoms with van der Waals surface area (Å²) in [6, 6.07) is 4.61. The number of benzene rings is 1. The van der Waals surface area contributed by atoms with E-state index in [4.69, 9.17) is 23.2 Å². The third kappa shape index (κ3) is 3.23. The van der Waals surface area contributed by atoms with E-state index in [0.29, 0.717) is 18.1 Å². The standard InChI is InChI=1S/C12H16Cl2N2O2S/c1-15-9-3-2-6-16(8-9)19(17,18)10-4-5-11(13)12(14)7-10/h4-5,7,9,15H,2-3,6,8H2,1H3. The minimum Gasteiger partial charge on any atom is -0.316 e. The average Bonchev–Trinajstić information content (AvgIpc) is 2.41. The van der Waals surface area contributed by atoms with Gasteiger partial charge in [0.25, 0.3) is 0 Å². The lowest BCUT2D eigenvalue weighted by Gasteiger charge is -2.31. The highest BCUT2D eigenvalue weighted by Crippen LogP contribution is 2.27. The lowest BCUT2D eigenvalue weighted by atomic mass is 10.1. The van der Waals surface area contributed by atoms with Gasteiger partial charge >= 0.3 is 0 Å². The lowest BCUT2D eigenvalue weighted by molar-refractivity contribution is 0.293. The molecule has 106 valence electrons. The van der Waals surface area contributed by atoms with E-state index in [0.717, 1.165) is 12.8 Å². The van der Waals surface area contributed by atoms with Gasteiger partial charge in [0.15, 0.2) is 0 Å². The number of sulfonamides is 1. The van der Waals surface area contributed by atoms with Gasteiger partial charge in [-0.1, -0.05) is 23.2 Å². The highest BCUT2D eigenvalue weighted by molar-refractivity contribution is 7.89. The summed E-state index contributed by atoms with van der Waals surface area (Å²) in [5, 5.41) is 3.73. The van der Waals surface area contributed by atoms with Crippen molar-refractivity contribution in [3.63, 3.8) is 0 Å². The summed E-state index contributed by atoms with van der Waals surface area (Å²) in [4.78, 5) is 0.193. The normalized spacial score (nSPS) is 21.5. The first-order chi connectivity index (χ1) is 8.95. The van der Waals surface area contributed by atoms with Gasteiger partial charge in [-0.2, -0.15) is 4.31 Å². The van der Waals surface area contributed by atoms with Crippen LogP contribution < -0.4 is 5.32 Å². The van der Waals surface area contributed by atoms with Crippen molar-refractivity contribution in [3.05, 3.63) is 28.2 Å². The summed E-state index contributed by atoms with van der Waals surface area (Å²) in [6.07, 6.45) is 1.84. The predicted molar refractivity (Wildman–Crippen MR) is 77.3 cm³/mol. The van der Waals surface area contributed by atoms with E-state index < -0.39 is 10.0 Å². The molecule has 1 fully saturated rings. The van der Waals surface area contributed by atoms with E-state index in [9.17, 15) is 8.42 Å². The third-order valence-electron chi connectivity index (χ3n) is 3.32. The first-order valence-electron chi connectivity index (χ1n) is 6.07.